The lowest BCUT2D eigenvalue weighted by atomic mass is 10.1. The van der Waals surface area contributed by atoms with Gasteiger partial charge in [-0.25, -0.2) is 9.97 Å². The number of likely N-dealkylation sites (tertiary alicyclic amines) is 1. The zero-order valence-electron chi connectivity index (χ0n) is 12.7. The maximum absolute atomic E-state index is 12.9. The van der Waals surface area contributed by atoms with Crippen LogP contribution in [-0.2, 0) is 4.79 Å². The molecular formula is C18H17N3O2. The largest absolute Gasteiger partial charge is 0.488 e. The molecule has 0 aliphatic carbocycles. The predicted octanol–water partition coefficient (Wildman–Crippen LogP) is 2.62. The van der Waals surface area contributed by atoms with E-state index >= 15 is 0 Å². The lowest BCUT2D eigenvalue weighted by molar-refractivity contribution is -0.128. The number of amides is 1. The molecule has 0 N–H and O–H groups in total. The van der Waals surface area contributed by atoms with Gasteiger partial charge < -0.3 is 9.64 Å². The van der Waals surface area contributed by atoms with Crippen LogP contribution in [0.2, 0.25) is 0 Å². The normalized spacial score (nSPS) is 19.7. The highest BCUT2D eigenvalue weighted by atomic mass is 16.5. The van der Waals surface area contributed by atoms with Crippen molar-refractivity contribution in [2.75, 3.05) is 13.2 Å². The monoisotopic (exact) mass is 307 g/mol. The van der Waals surface area contributed by atoms with Crippen LogP contribution in [0, 0.1) is 0 Å². The van der Waals surface area contributed by atoms with Crippen molar-refractivity contribution in [2.45, 2.75) is 18.9 Å². The second-order valence-electron chi connectivity index (χ2n) is 5.79. The van der Waals surface area contributed by atoms with Crippen molar-refractivity contribution in [1.29, 1.82) is 0 Å². The Kier molecular flexibility index (Phi) is 3.54. The van der Waals surface area contributed by atoms with Crippen LogP contribution >= 0.6 is 0 Å². The lowest BCUT2D eigenvalue weighted by Gasteiger charge is -2.27. The Hall–Kier alpha value is -2.69. The molecule has 1 saturated heterocycles. The predicted molar refractivity (Wildman–Crippen MR) is 85.6 cm³/mol. The molecule has 0 unspecified atom stereocenters. The summed E-state index contributed by atoms with van der Waals surface area (Å²) in [6, 6.07) is 9.69. The van der Waals surface area contributed by atoms with Crippen LogP contribution in [-0.4, -0.2) is 33.9 Å². The quantitative estimate of drug-likeness (QED) is 0.856. The van der Waals surface area contributed by atoms with E-state index in [9.17, 15) is 4.79 Å². The number of carbonyl (C=O) groups is 1. The average molecular weight is 307 g/mol. The average Bonchev–Trinajstić information content (AvgIpc) is 3.11. The number of carbonyl (C=O) groups excluding carboxylic acids is 1. The lowest BCUT2D eigenvalue weighted by Crippen LogP contribution is -2.34. The molecule has 23 heavy (non-hydrogen) atoms. The van der Waals surface area contributed by atoms with Crippen molar-refractivity contribution in [3.05, 3.63) is 59.7 Å². The molecule has 0 spiro atoms. The minimum absolute atomic E-state index is 0.0311. The van der Waals surface area contributed by atoms with E-state index < -0.39 is 0 Å². The number of hydrogen-bond acceptors (Lipinski definition) is 4. The number of ether oxygens (including phenoxy) is 1. The van der Waals surface area contributed by atoms with Crippen molar-refractivity contribution in [1.82, 2.24) is 14.9 Å². The van der Waals surface area contributed by atoms with E-state index in [1.807, 2.05) is 41.3 Å². The molecule has 0 bridgehead atoms. The second kappa shape index (κ2) is 5.83. The molecule has 5 nitrogen and oxygen atoms in total. The number of fused-ring (bicyclic) bond motifs is 1. The number of aromatic nitrogens is 2. The first-order valence-electron chi connectivity index (χ1n) is 7.82. The fourth-order valence-corrected chi connectivity index (χ4v) is 3.24. The first-order valence-corrected chi connectivity index (χ1v) is 7.82. The molecule has 1 aromatic carbocycles. The molecule has 2 aliphatic rings. The van der Waals surface area contributed by atoms with Gasteiger partial charge in [-0.3, -0.25) is 4.79 Å². The maximum Gasteiger partial charge on any atom is 0.253 e. The summed E-state index contributed by atoms with van der Waals surface area (Å²) in [5.41, 5.74) is 2.56. The zero-order valence-corrected chi connectivity index (χ0v) is 12.7. The van der Waals surface area contributed by atoms with Crippen LogP contribution in [0.15, 0.2) is 48.4 Å². The molecule has 2 aliphatic heterocycles. The second-order valence-corrected chi connectivity index (χ2v) is 5.79. The van der Waals surface area contributed by atoms with E-state index in [1.54, 1.807) is 6.20 Å². The Labute approximate surface area is 134 Å². The van der Waals surface area contributed by atoms with Crippen LogP contribution < -0.4 is 4.74 Å². The van der Waals surface area contributed by atoms with Crippen molar-refractivity contribution < 1.29 is 9.53 Å². The van der Waals surface area contributed by atoms with Crippen molar-refractivity contribution in [3.63, 3.8) is 0 Å². The molecule has 0 saturated carbocycles. The zero-order chi connectivity index (χ0) is 15.6. The van der Waals surface area contributed by atoms with Crippen LogP contribution in [0.3, 0.4) is 0 Å². The van der Waals surface area contributed by atoms with Crippen LogP contribution in [0.5, 0.6) is 5.75 Å². The molecule has 2 aromatic rings. The van der Waals surface area contributed by atoms with E-state index in [0.29, 0.717) is 12.2 Å². The van der Waals surface area contributed by atoms with Gasteiger partial charge in [0, 0.05) is 18.3 Å². The third-order valence-corrected chi connectivity index (χ3v) is 4.37. The SMILES string of the molecule is O=C(C1=Cc2ccccc2OC1)N1CCC[C@@H]1c1ccncn1. The van der Waals surface area contributed by atoms with E-state index in [4.69, 9.17) is 4.74 Å². The third-order valence-electron chi connectivity index (χ3n) is 4.37. The first kappa shape index (κ1) is 13.9. The van der Waals surface area contributed by atoms with Gasteiger partial charge in [-0.1, -0.05) is 18.2 Å². The van der Waals surface area contributed by atoms with Gasteiger partial charge >= 0.3 is 0 Å². The number of nitrogens with zero attached hydrogens (tertiary/aromatic N) is 3. The van der Waals surface area contributed by atoms with Crippen LogP contribution in [0.1, 0.15) is 30.1 Å². The van der Waals surface area contributed by atoms with Gasteiger partial charge in [0.1, 0.15) is 18.7 Å². The minimum atomic E-state index is 0.0311. The molecular weight excluding hydrogens is 290 g/mol. The number of benzene rings is 1. The van der Waals surface area contributed by atoms with Crippen LogP contribution in [0.4, 0.5) is 0 Å². The molecule has 1 atom stereocenters. The van der Waals surface area contributed by atoms with Gasteiger partial charge in [-0.2, -0.15) is 0 Å². The minimum Gasteiger partial charge on any atom is -0.488 e. The summed E-state index contributed by atoms with van der Waals surface area (Å²) in [6.45, 7) is 1.08. The van der Waals surface area contributed by atoms with E-state index in [-0.39, 0.29) is 11.9 Å². The smallest absolute Gasteiger partial charge is 0.253 e. The van der Waals surface area contributed by atoms with Gasteiger partial charge in [0.2, 0.25) is 0 Å². The number of para-hydroxylation sites is 1. The van der Waals surface area contributed by atoms with Crippen molar-refractivity contribution in [3.8, 4) is 5.75 Å². The maximum atomic E-state index is 12.9. The third kappa shape index (κ3) is 2.59. The van der Waals surface area contributed by atoms with Gasteiger partial charge in [0.25, 0.3) is 5.91 Å². The molecule has 116 valence electrons. The van der Waals surface area contributed by atoms with Crippen molar-refractivity contribution >= 4 is 12.0 Å². The molecule has 0 radical (unpaired) electrons. The van der Waals surface area contributed by atoms with Gasteiger partial charge in [-0.05, 0) is 31.1 Å². The highest BCUT2D eigenvalue weighted by Gasteiger charge is 2.33. The van der Waals surface area contributed by atoms with E-state index in [1.165, 1.54) is 6.33 Å². The Bertz CT molecular complexity index is 758. The summed E-state index contributed by atoms with van der Waals surface area (Å²) >= 11 is 0. The summed E-state index contributed by atoms with van der Waals surface area (Å²) in [6.07, 6.45) is 7.13. The van der Waals surface area contributed by atoms with Crippen molar-refractivity contribution in [2.24, 2.45) is 0 Å². The van der Waals surface area contributed by atoms with Gasteiger partial charge in [0.15, 0.2) is 0 Å². The Balaban J connectivity index is 1.61. The standard InChI is InChI=1S/C18H17N3O2/c22-18(14-10-13-4-1-2-6-17(13)23-11-14)21-9-3-5-16(21)15-7-8-19-12-20-15/h1-2,4,6-8,10,12,16H,3,5,9,11H2/t16-/m1/s1. The number of hydrogen-bond donors (Lipinski definition) is 0. The highest BCUT2D eigenvalue weighted by molar-refractivity contribution is 5.99. The molecule has 1 aromatic heterocycles. The molecule has 1 amide bonds. The highest BCUT2D eigenvalue weighted by Crippen LogP contribution is 2.33. The summed E-state index contributed by atoms with van der Waals surface area (Å²) in [5, 5.41) is 0. The topological polar surface area (TPSA) is 55.3 Å². The van der Waals surface area contributed by atoms with Gasteiger partial charge in [0.05, 0.1) is 17.3 Å². The summed E-state index contributed by atoms with van der Waals surface area (Å²) < 4.78 is 5.72. The summed E-state index contributed by atoms with van der Waals surface area (Å²) in [7, 11) is 0. The Morgan fingerprint density at radius 1 is 1.26 bits per heavy atom. The first-order chi connectivity index (χ1) is 11.3. The number of rotatable bonds is 2. The molecule has 3 heterocycles. The molecule has 1 fully saturated rings. The van der Waals surface area contributed by atoms with Gasteiger partial charge in [-0.15, -0.1) is 0 Å². The summed E-state index contributed by atoms with van der Waals surface area (Å²) in [5.74, 6) is 0.874. The Morgan fingerprint density at radius 2 is 2.17 bits per heavy atom. The van der Waals surface area contributed by atoms with Crippen LogP contribution in [0.25, 0.3) is 6.08 Å². The fourth-order valence-electron chi connectivity index (χ4n) is 3.24. The fraction of sp³-hybridized carbons (Fsp3) is 0.278. The Morgan fingerprint density at radius 3 is 3.04 bits per heavy atom. The molecule has 4 rings (SSSR count). The summed E-state index contributed by atoms with van der Waals surface area (Å²) in [4.78, 5) is 23.1. The van der Waals surface area contributed by atoms with E-state index in [0.717, 1.165) is 36.4 Å². The molecule has 5 heteroatoms. The van der Waals surface area contributed by atoms with E-state index in [2.05, 4.69) is 9.97 Å².